The minimum atomic E-state index is -4.77. The van der Waals surface area contributed by atoms with E-state index in [0.717, 1.165) is 17.0 Å². The van der Waals surface area contributed by atoms with Gasteiger partial charge in [0.05, 0.1) is 11.1 Å². The van der Waals surface area contributed by atoms with Gasteiger partial charge in [-0.15, -0.1) is 0 Å². The van der Waals surface area contributed by atoms with E-state index in [4.69, 9.17) is 0 Å². The quantitative estimate of drug-likeness (QED) is 0.771. The Labute approximate surface area is 145 Å². The number of rotatable bonds is 2. The first kappa shape index (κ1) is 17.9. The van der Waals surface area contributed by atoms with Crippen molar-refractivity contribution in [3.05, 3.63) is 28.8 Å². The van der Waals surface area contributed by atoms with E-state index in [1.807, 2.05) is 0 Å². The van der Waals surface area contributed by atoms with Gasteiger partial charge in [0.1, 0.15) is 6.04 Å². The highest BCUT2D eigenvalue weighted by molar-refractivity contribution is 6.07. The highest BCUT2D eigenvalue weighted by atomic mass is 19.4. The standard InChI is InChI=1S/C16H14F3N3O4/c1-7(23)20-10-3-2-9(16(17,18)19)13-8(10)6-22(15(13)26)11-4-5-12(24)21-14(11)25/h2-3,11H,4-6H2,1H3,(H,20,23)(H,21,24,25). The number of anilines is 1. The number of piperidine rings is 1. The summed E-state index contributed by atoms with van der Waals surface area (Å²) in [6.07, 6.45) is -4.75. The minimum absolute atomic E-state index is 0.00438. The van der Waals surface area contributed by atoms with Crippen LogP contribution in [0.1, 0.15) is 41.3 Å². The monoisotopic (exact) mass is 369 g/mol. The second-order valence-electron chi connectivity index (χ2n) is 6.09. The Morgan fingerprint density at radius 3 is 2.54 bits per heavy atom. The highest BCUT2D eigenvalue weighted by Crippen LogP contribution is 2.41. The van der Waals surface area contributed by atoms with Crippen molar-refractivity contribution in [1.82, 2.24) is 10.2 Å². The molecule has 0 saturated carbocycles. The minimum Gasteiger partial charge on any atom is -0.326 e. The van der Waals surface area contributed by atoms with Crippen LogP contribution in [-0.4, -0.2) is 34.6 Å². The summed E-state index contributed by atoms with van der Waals surface area (Å²) in [5.74, 6) is -2.67. The second-order valence-corrected chi connectivity index (χ2v) is 6.09. The topological polar surface area (TPSA) is 95.6 Å². The van der Waals surface area contributed by atoms with Crippen LogP contribution in [-0.2, 0) is 27.1 Å². The van der Waals surface area contributed by atoms with E-state index in [0.29, 0.717) is 0 Å². The number of imide groups is 1. The first-order valence-corrected chi connectivity index (χ1v) is 7.75. The highest BCUT2D eigenvalue weighted by Gasteiger charge is 2.45. The number of benzene rings is 1. The number of amides is 4. The van der Waals surface area contributed by atoms with Crippen molar-refractivity contribution >= 4 is 29.3 Å². The molecule has 1 fully saturated rings. The molecule has 26 heavy (non-hydrogen) atoms. The smallest absolute Gasteiger partial charge is 0.326 e. The second kappa shape index (κ2) is 6.11. The van der Waals surface area contributed by atoms with Crippen molar-refractivity contribution < 1.29 is 32.3 Å². The summed E-state index contributed by atoms with van der Waals surface area (Å²) in [6, 6.07) is 0.777. The molecule has 1 aromatic carbocycles. The summed E-state index contributed by atoms with van der Waals surface area (Å²) in [4.78, 5) is 48.3. The molecule has 1 saturated heterocycles. The molecule has 10 heteroatoms. The molecule has 7 nitrogen and oxygen atoms in total. The average Bonchev–Trinajstić information content (AvgIpc) is 2.84. The fourth-order valence-electron chi connectivity index (χ4n) is 3.22. The van der Waals surface area contributed by atoms with Gasteiger partial charge in [-0.25, -0.2) is 0 Å². The normalized spacial score (nSPS) is 20.1. The van der Waals surface area contributed by atoms with Crippen molar-refractivity contribution in [3.8, 4) is 0 Å². The molecule has 0 radical (unpaired) electrons. The van der Waals surface area contributed by atoms with Crippen LogP contribution in [0.4, 0.5) is 18.9 Å². The van der Waals surface area contributed by atoms with Crippen molar-refractivity contribution in [2.75, 3.05) is 5.32 Å². The van der Waals surface area contributed by atoms with E-state index >= 15 is 0 Å². The zero-order valence-electron chi connectivity index (χ0n) is 13.6. The number of hydrogen-bond acceptors (Lipinski definition) is 4. The van der Waals surface area contributed by atoms with Gasteiger partial charge in [-0.05, 0) is 18.6 Å². The molecule has 2 heterocycles. The van der Waals surface area contributed by atoms with Crippen LogP contribution in [0.5, 0.6) is 0 Å². The summed E-state index contributed by atoms with van der Waals surface area (Å²) in [5, 5.41) is 4.49. The van der Waals surface area contributed by atoms with Gasteiger partial charge in [-0.2, -0.15) is 13.2 Å². The number of hydrogen-bond donors (Lipinski definition) is 2. The van der Waals surface area contributed by atoms with E-state index in [2.05, 4.69) is 10.6 Å². The van der Waals surface area contributed by atoms with Crippen LogP contribution in [0.15, 0.2) is 12.1 Å². The maximum atomic E-state index is 13.3. The molecule has 2 N–H and O–H groups in total. The Kier molecular flexibility index (Phi) is 4.21. The van der Waals surface area contributed by atoms with Gasteiger partial charge < -0.3 is 10.2 Å². The van der Waals surface area contributed by atoms with E-state index in [1.54, 1.807) is 0 Å². The summed E-state index contributed by atoms with van der Waals surface area (Å²) in [5.41, 5.74) is -1.61. The number of nitrogens with zero attached hydrogens (tertiary/aromatic N) is 1. The summed E-state index contributed by atoms with van der Waals surface area (Å²) in [6.45, 7) is 0.929. The molecule has 1 unspecified atom stereocenters. The van der Waals surface area contributed by atoms with Crippen LogP contribution < -0.4 is 10.6 Å². The summed E-state index contributed by atoms with van der Waals surface area (Å²) >= 11 is 0. The third-order valence-electron chi connectivity index (χ3n) is 4.32. The largest absolute Gasteiger partial charge is 0.417 e. The third-order valence-corrected chi connectivity index (χ3v) is 4.32. The molecular formula is C16H14F3N3O4. The van der Waals surface area contributed by atoms with Gasteiger partial charge in [0.15, 0.2) is 0 Å². The molecule has 1 aromatic rings. The number of carbonyl (C=O) groups excluding carboxylic acids is 4. The Balaban J connectivity index is 2.05. The van der Waals surface area contributed by atoms with Gasteiger partial charge in [0.25, 0.3) is 5.91 Å². The van der Waals surface area contributed by atoms with Crippen LogP contribution in [0.25, 0.3) is 0 Å². The number of halogens is 3. The molecule has 1 atom stereocenters. The number of alkyl halides is 3. The SMILES string of the molecule is CC(=O)Nc1ccc(C(F)(F)F)c2c1CN(C1CCC(=O)NC1=O)C2=O. The van der Waals surface area contributed by atoms with Crippen LogP contribution in [0.2, 0.25) is 0 Å². The zero-order valence-corrected chi connectivity index (χ0v) is 13.6. The molecule has 0 spiro atoms. The lowest BCUT2D eigenvalue weighted by Gasteiger charge is -2.29. The van der Waals surface area contributed by atoms with E-state index in [1.165, 1.54) is 6.92 Å². The fourth-order valence-corrected chi connectivity index (χ4v) is 3.22. The lowest BCUT2D eigenvalue weighted by molar-refractivity contribution is -0.138. The lowest BCUT2D eigenvalue weighted by Crippen LogP contribution is -2.52. The lowest BCUT2D eigenvalue weighted by atomic mass is 10.0. The predicted molar refractivity (Wildman–Crippen MR) is 81.8 cm³/mol. The predicted octanol–water partition coefficient (Wildman–Crippen LogP) is 1.42. The van der Waals surface area contributed by atoms with Gasteiger partial charge in [-0.1, -0.05) is 0 Å². The molecule has 2 aliphatic heterocycles. The van der Waals surface area contributed by atoms with E-state index < -0.39 is 47.0 Å². The molecule has 0 aromatic heterocycles. The Bertz CT molecular complexity index is 835. The summed E-state index contributed by atoms with van der Waals surface area (Å²) in [7, 11) is 0. The first-order valence-electron chi connectivity index (χ1n) is 7.75. The first-order chi connectivity index (χ1) is 12.1. The summed E-state index contributed by atoms with van der Waals surface area (Å²) < 4.78 is 40.0. The average molecular weight is 369 g/mol. The van der Waals surface area contributed by atoms with E-state index in [9.17, 15) is 32.3 Å². The number of carbonyl (C=O) groups is 4. The third kappa shape index (κ3) is 3.02. The van der Waals surface area contributed by atoms with Crippen molar-refractivity contribution in [2.45, 2.75) is 38.5 Å². The maximum absolute atomic E-state index is 13.3. The molecule has 4 amide bonds. The molecular weight excluding hydrogens is 355 g/mol. The molecule has 3 rings (SSSR count). The van der Waals surface area contributed by atoms with Crippen molar-refractivity contribution in [3.63, 3.8) is 0 Å². The van der Waals surface area contributed by atoms with Gasteiger partial charge >= 0.3 is 6.18 Å². The van der Waals surface area contributed by atoms with Crippen LogP contribution >= 0.6 is 0 Å². The Morgan fingerprint density at radius 2 is 1.96 bits per heavy atom. The Hall–Kier alpha value is -2.91. The number of nitrogens with one attached hydrogen (secondary N) is 2. The van der Waals surface area contributed by atoms with E-state index in [-0.39, 0.29) is 30.6 Å². The fraction of sp³-hybridized carbons (Fsp3) is 0.375. The van der Waals surface area contributed by atoms with Crippen molar-refractivity contribution in [2.24, 2.45) is 0 Å². The molecule has 2 aliphatic rings. The molecule has 138 valence electrons. The molecule has 0 aliphatic carbocycles. The van der Waals surface area contributed by atoms with Crippen LogP contribution in [0, 0.1) is 0 Å². The molecule has 0 bridgehead atoms. The van der Waals surface area contributed by atoms with Crippen LogP contribution in [0.3, 0.4) is 0 Å². The maximum Gasteiger partial charge on any atom is 0.417 e. The van der Waals surface area contributed by atoms with Gasteiger partial charge in [0, 0.05) is 31.1 Å². The van der Waals surface area contributed by atoms with Crippen molar-refractivity contribution in [1.29, 1.82) is 0 Å². The van der Waals surface area contributed by atoms with Gasteiger partial charge in [-0.3, -0.25) is 24.5 Å². The van der Waals surface area contributed by atoms with Gasteiger partial charge in [0.2, 0.25) is 17.7 Å². The zero-order chi connectivity index (χ0) is 19.2. The Morgan fingerprint density at radius 1 is 1.27 bits per heavy atom. The number of fused-ring (bicyclic) bond motifs is 1.